The third kappa shape index (κ3) is 7.87. The molecule has 0 aromatic heterocycles. The molecule has 0 bridgehead atoms. The maximum absolute atomic E-state index is 10.3. The first-order valence-electron chi connectivity index (χ1n) is 2.52. The third-order valence-corrected chi connectivity index (χ3v) is 1.35. The van der Waals surface area contributed by atoms with Crippen LogP contribution < -0.4 is 9.86 Å². The molecule has 0 aromatic rings. The predicted molar refractivity (Wildman–Crippen MR) is 36.0 cm³/mol. The van der Waals surface area contributed by atoms with E-state index in [-0.39, 0.29) is 0 Å². The fourth-order valence-corrected chi connectivity index (χ4v) is 1.28. The molecule has 0 saturated heterocycles. The van der Waals surface area contributed by atoms with Crippen molar-refractivity contribution in [2.45, 2.75) is 26.3 Å². The average Bonchev–Trinajstić information content (AvgIpc) is 1.14. The van der Waals surface area contributed by atoms with Crippen LogP contribution in [0.4, 0.5) is 0 Å². The van der Waals surface area contributed by atoms with Crippen molar-refractivity contribution in [2.24, 2.45) is 5.14 Å². The molecular weight excluding hydrogens is 140 g/mol. The maximum atomic E-state index is 10.3. The summed E-state index contributed by atoms with van der Waals surface area (Å²) in [6, 6.07) is 0. The molecule has 0 aliphatic heterocycles. The van der Waals surface area contributed by atoms with Crippen LogP contribution in [0.1, 0.15) is 20.8 Å². The highest BCUT2D eigenvalue weighted by molar-refractivity contribution is 7.87. The van der Waals surface area contributed by atoms with Gasteiger partial charge < -0.3 is 0 Å². The van der Waals surface area contributed by atoms with E-state index in [4.69, 9.17) is 0 Å². The summed E-state index contributed by atoms with van der Waals surface area (Å²) in [7, 11) is -3.53. The number of rotatable bonds is 1. The minimum Gasteiger partial charge on any atom is -0.216 e. The van der Waals surface area contributed by atoms with Crippen molar-refractivity contribution in [1.82, 2.24) is 4.72 Å². The zero-order valence-corrected chi connectivity index (χ0v) is 6.62. The molecule has 0 fully saturated rings. The largest absolute Gasteiger partial charge is 0.274 e. The summed E-state index contributed by atoms with van der Waals surface area (Å²) >= 11 is 0. The zero-order valence-electron chi connectivity index (χ0n) is 5.80. The van der Waals surface area contributed by atoms with Crippen LogP contribution >= 0.6 is 0 Å². The normalized spacial score (nSPS) is 13.8. The van der Waals surface area contributed by atoms with E-state index in [1.54, 1.807) is 20.8 Å². The topological polar surface area (TPSA) is 72.2 Å². The van der Waals surface area contributed by atoms with Crippen molar-refractivity contribution in [2.75, 3.05) is 0 Å². The molecule has 0 amide bonds. The van der Waals surface area contributed by atoms with E-state index in [2.05, 4.69) is 9.86 Å². The van der Waals surface area contributed by atoms with E-state index < -0.39 is 15.7 Å². The Morgan fingerprint density at radius 1 is 1.33 bits per heavy atom. The van der Waals surface area contributed by atoms with Crippen LogP contribution in [0.15, 0.2) is 0 Å². The second-order valence-corrected chi connectivity index (χ2v) is 4.19. The van der Waals surface area contributed by atoms with E-state index in [0.29, 0.717) is 0 Å². The van der Waals surface area contributed by atoms with Crippen molar-refractivity contribution in [3.05, 3.63) is 0 Å². The highest BCUT2D eigenvalue weighted by Crippen LogP contribution is 1.98. The van der Waals surface area contributed by atoms with Gasteiger partial charge in [-0.15, -0.1) is 0 Å². The molecule has 0 rings (SSSR count). The second-order valence-electron chi connectivity index (χ2n) is 2.90. The number of hydrogen-bond acceptors (Lipinski definition) is 2. The summed E-state index contributed by atoms with van der Waals surface area (Å²) in [6.45, 7) is 5.16. The van der Waals surface area contributed by atoms with Gasteiger partial charge >= 0.3 is 0 Å². The van der Waals surface area contributed by atoms with Crippen molar-refractivity contribution >= 4 is 10.2 Å². The fourth-order valence-electron chi connectivity index (χ4n) is 0.427. The molecule has 0 radical (unpaired) electrons. The van der Waals surface area contributed by atoms with E-state index in [1.165, 1.54) is 0 Å². The van der Waals surface area contributed by atoms with E-state index in [1.807, 2.05) is 0 Å². The van der Waals surface area contributed by atoms with Gasteiger partial charge in [-0.3, -0.25) is 0 Å². The maximum Gasteiger partial charge on any atom is 0.274 e. The first-order valence-corrected chi connectivity index (χ1v) is 4.07. The molecular formula is C4H12N2O2S. The van der Waals surface area contributed by atoms with Crippen LogP contribution in [0.2, 0.25) is 0 Å². The average molecular weight is 152 g/mol. The Labute approximate surface area is 55.6 Å². The minimum absolute atomic E-state index is 0.479. The molecule has 0 atom stereocenters. The van der Waals surface area contributed by atoms with Gasteiger partial charge in [0, 0.05) is 5.54 Å². The van der Waals surface area contributed by atoms with E-state index in [9.17, 15) is 8.42 Å². The Morgan fingerprint density at radius 2 is 1.67 bits per heavy atom. The Kier molecular flexibility index (Phi) is 2.21. The van der Waals surface area contributed by atoms with Gasteiger partial charge in [-0.25, -0.2) is 5.14 Å². The summed E-state index contributed by atoms with van der Waals surface area (Å²) in [5, 5.41) is 4.68. The highest BCUT2D eigenvalue weighted by atomic mass is 32.2. The van der Waals surface area contributed by atoms with Crippen LogP contribution in [0.5, 0.6) is 0 Å². The lowest BCUT2D eigenvalue weighted by Crippen LogP contribution is -2.44. The van der Waals surface area contributed by atoms with Gasteiger partial charge in [0.15, 0.2) is 0 Å². The molecule has 0 unspecified atom stereocenters. The molecule has 0 aliphatic rings. The SMILES string of the molecule is CC(C)(C)NS(N)(=O)=O. The van der Waals surface area contributed by atoms with Gasteiger partial charge in [0.1, 0.15) is 0 Å². The monoisotopic (exact) mass is 152 g/mol. The van der Waals surface area contributed by atoms with Gasteiger partial charge in [0.25, 0.3) is 10.2 Å². The van der Waals surface area contributed by atoms with Crippen molar-refractivity contribution in [1.29, 1.82) is 0 Å². The van der Waals surface area contributed by atoms with Crippen molar-refractivity contribution in [3.63, 3.8) is 0 Å². The van der Waals surface area contributed by atoms with Gasteiger partial charge in [0.05, 0.1) is 0 Å². The van der Waals surface area contributed by atoms with Crippen LogP contribution in [-0.4, -0.2) is 14.0 Å². The molecule has 0 aliphatic carbocycles. The lowest BCUT2D eigenvalue weighted by molar-refractivity contribution is 0.492. The molecule has 5 heteroatoms. The molecule has 56 valence electrons. The van der Waals surface area contributed by atoms with Gasteiger partial charge in [0.2, 0.25) is 0 Å². The third-order valence-electron chi connectivity index (χ3n) is 0.448. The van der Waals surface area contributed by atoms with Crippen LogP contribution in [0.25, 0.3) is 0 Å². The summed E-state index contributed by atoms with van der Waals surface area (Å²) in [6.07, 6.45) is 0. The highest BCUT2D eigenvalue weighted by Gasteiger charge is 2.14. The smallest absolute Gasteiger partial charge is 0.216 e. The first-order chi connectivity index (χ1) is 3.71. The first kappa shape index (κ1) is 8.87. The molecule has 0 spiro atoms. The summed E-state index contributed by atoms with van der Waals surface area (Å²) in [5.74, 6) is 0. The Morgan fingerprint density at radius 3 is 1.67 bits per heavy atom. The second kappa shape index (κ2) is 2.24. The van der Waals surface area contributed by atoms with Crippen LogP contribution in [0.3, 0.4) is 0 Å². The molecule has 9 heavy (non-hydrogen) atoms. The minimum atomic E-state index is -3.53. The zero-order chi connectivity index (χ0) is 7.71. The molecule has 4 nitrogen and oxygen atoms in total. The molecule has 0 heterocycles. The van der Waals surface area contributed by atoms with E-state index >= 15 is 0 Å². The number of nitrogens with one attached hydrogen (secondary N) is 1. The van der Waals surface area contributed by atoms with Gasteiger partial charge in [-0.1, -0.05) is 0 Å². The summed E-state index contributed by atoms with van der Waals surface area (Å²) in [4.78, 5) is 0. The quantitative estimate of drug-likeness (QED) is 0.535. The number of nitrogens with two attached hydrogens (primary N) is 1. The predicted octanol–water partition coefficient (Wildman–Crippen LogP) is -0.422. The lowest BCUT2D eigenvalue weighted by Gasteiger charge is -2.17. The molecule has 0 aromatic carbocycles. The molecule has 0 saturated carbocycles. The van der Waals surface area contributed by atoms with Crippen LogP contribution in [0, 0.1) is 0 Å². The Balaban J connectivity index is 4.07. The summed E-state index contributed by atoms with van der Waals surface area (Å²) in [5.41, 5.74) is -0.479. The van der Waals surface area contributed by atoms with Crippen LogP contribution in [-0.2, 0) is 10.2 Å². The van der Waals surface area contributed by atoms with Gasteiger partial charge in [-0.2, -0.15) is 13.1 Å². The van der Waals surface area contributed by atoms with Crippen molar-refractivity contribution < 1.29 is 8.42 Å². The fraction of sp³-hybridized carbons (Fsp3) is 1.00. The Hall–Kier alpha value is -0.130. The molecule has 3 N–H and O–H groups in total. The summed E-state index contributed by atoms with van der Waals surface area (Å²) < 4.78 is 22.8. The van der Waals surface area contributed by atoms with Crippen molar-refractivity contribution in [3.8, 4) is 0 Å². The standard InChI is InChI=1S/C4H12N2O2S/c1-4(2,3)6-9(5,7)8/h6H,1-3H3,(H2,5,7,8). The lowest BCUT2D eigenvalue weighted by atomic mass is 10.1. The van der Waals surface area contributed by atoms with E-state index in [0.717, 1.165) is 0 Å². The number of hydrogen-bond donors (Lipinski definition) is 2. The Bertz CT molecular complexity index is 177. The van der Waals surface area contributed by atoms with Gasteiger partial charge in [-0.05, 0) is 20.8 Å².